The number of non-ortho nitro benzene ring substituents is 1. The molecule has 0 saturated heterocycles. The van der Waals surface area contributed by atoms with Gasteiger partial charge in [-0.25, -0.2) is 8.42 Å². The number of nitrogens with zero attached hydrogens (tertiary/aromatic N) is 2. The predicted molar refractivity (Wildman–Crippen MR) is 104 cm³/mol. The number of nitro benzene ring substituents is 1. The first-order chi connectivity index (χ1) is 13.7. The van der Waals surface area contributed by atoms with E-state index in [1.54, 1.807) is 6.92 Å². The molecule has 0 fully saturated rings. The van der Waals surface area contributed by atoms with Crippen LogP contribution >= 0.6 is 0 Å². The van der Waals surface area contributed by atoms with Crippen LogP contribution in [0, 0.1) is 10.1 Å². The molecule has 10 nitrogen and oxygen atoms in total. The number of nitro groups is 1. The number of carbonyl (C=O) groups is 1. The molecule has 0 atom stereocenters. The van der Waals surface area contributed by atoms with E-state index >= 15 is 0 Å². The van der Waals surface area contributed by atoms with Crippen LogP contribution in [0.4, 0.5) is 11.4 Å². The molecule has 0 spiro atoms. The van der Waals surface area contributed by atoms with E-state index in [4.69, 9.17) is 9.47 Å². The van der Waals surface area contributed by atoms with Crippen molar-refractivity contribution in [1.29, 1.82) is 0 Å². The lowest BCUT2D eigenvalue weighted by Crippen LogP contribution is -2.36. The Morgan fingerprint density at radius 3 is 2.31 bits per heavy atom. The summed E-state index contributed by atoms with van der Waals surface area (Å²) in [4.78, 5) is 22.3. The van der Waals surface area contributed by atoms with Crippen molar-refractivity contribution in [3.8, 4) is 11.5 Å². The van der Waals surface area contributed by atoms with Crippen molar-refractivity contribution >= 4 is 27.4 Å². The van der Waals surface area contributed by atoms with Gasteiger partial charge in [0.15, 0.2) is 0 Å². The third-order valence-corrected chi connectivity index (χ3v) is 5.64. The van der Waals surface area contributed by atoms with Crippen molar-refractivity contribution in [1.82, 2.24) is 0 Å². The maximum absolute atomic E-state index is 13.3. The number of methoxy groups -OCH3 is 2. The van der Waals surface area contributed by atoms with Crippen LogP contribution in [0.15, 0.2) is 47.4 Å². The SMILES string of the molecule is CCOc1ccc(S(=O)(=O)N(CC(=O)OC)c2cc([N+](=O)[O-])ccc2OC)cc1. The zero-order valence-electron chi connectivity index (χ0n) is 16.0. The van der Waals surface area contributed by atoms with Crippen LogP contribution in [0.3, 0.4) is 0 Å². The van der Waals surface area contributed by atoms with Crippen LogP contribution in [0.1, 0.15) is 6.92 Å². The normalized spacial score (nSPS) is 10.9. The van der Waals surface area contributed by atoms with Gasteiger partial charge in [0, 0.05) is 12.1 Å². The quantitative estimate of drug-likeness (QED) is 0.341. The molecule has 0 radical (unpaired) electrons. The monoisotopic (exact) mass is 424 g/mol. The zero-order chi connectivity index (χ0) is 21.6. The maximum atomic E-state index is 13.3. The third kappa shape index (κ3) is 4.93. The fraction of sp³-hybridized carbons (Fsp3) is 0.278. The summed E-state index contributed by atoms with van der Waals surface area (Å²) in [6.07, 6.45) is 0. The number of anilines is 1. The first-order valence-electron chi connectivity index (χ1n) is 8.39. The highest BCUT2D eigenvalue weighted by Gasteiger charge is 2.31. The summed E-state index contributed by atoms with van der Waals surface area (Å²) >= 11 is 0. The van der Waals surface area contributed by atoms with Crippen LogP contribution in [0.5, 0.6) is 11.5 Å². The summed E-state index contributed by atoms with van der Waals surface area (Å²) in [6.45, 7) is 1.49. The summed E-state index contributed by atoms with van der Waals surface area (Å²) in [5.74, 6) is -0.346. The fourth-order valence-electron chi connectivity index (χ4n) is 2.47. The Balaban J connectivity index is 2.62. The lowest BCUT2D eigenvalue weighted by atomic mass is 10.2. The summed E-state index contributed by atoms with van der Waals surface area (Å²) in [5.41, 5.74) is -0.529. The lowest BCUT2D eigenvalue weighted by molar-refractivity contribution is -0.384. The Morgan fingerprint density at radius 2 is 1.79 bits per heavy atom. The third-order valence-electron chi connectivity index (χ3n) is 3.87. The zero-order valence-corrected chi connectivity index (χ0v) is 16.8. The smallest absolute Gasteiger partial charge is 0.326 e. The Hall–Kier alpha value is -3.34. The van der Waals surface area contributed by atoms with Crippen molar-refractivity contribution in [3.05, 3.63) is 52.6 Å². The van der Waals surface area contributed by atoms with Crippen molar-refractivity contribution < 1.29 is 32.3 Å². The van der Waals surface area contributed by atoms with Gasteiger partial charge in [0.05, 0.1) is 30.6 Å². The van der Waals surface area contributed by atoms with Gasteiger partial charge in [-0.2, -0.15) is 0 Å². The Morgan fingerprint density at radius 1 is 1.14 bits per heavy atom. The number of esters is 1. The van der Waals surface area contributed by atoms with Crippen molar-refractivity contribution in [2.45, 2.75) is 11.8 Å². The second-order valence-electron chi connectivity index (χ2n) is 5.61. The van der Waals surface area contributed by atoms with Crippen LogP contribution in [-0.2, 0) is 19.6 Å². The van der Waals surface area contributed by atoms with E-state index in [1.165, 1.54) is 43.5 Å². The lowest BCUT2D eigenvalue weighted by Gasteiger charge is -2.25. The van der Waals surface area contributed by atoms with E-state index in [1.807, 2.05) is 0 Å². The standard InChI is InChI=1S/C18H20N2O8S/c1-4-28-14-6-8-15(9-7-14)29(24,25)19(12-18(21)27-3)16-11-13(20(22)23)5-10-17(16)26-2/h5-11H,4,12H2,1-3H3. The molecule has 0 aliphatic rings. The van der Waals surface area contributed by atoms with E-state index in [9.17, 15) is 23.3 Å². The molecule has 0 heterocycles. The highest BCUT2D eigenvalue weighted by Crippen LogP contribution is 2.35. The Bertz CT molecular complexity index is 989. The average molecular weight is 424 g/mol. The highest BCUT2D eigenvalue weighted by molar-refractivity contribution is 7.92. The highest BCUT2D eigenvalue weighted by atomic mass is 32.2. The Kier molecular flexibility index (Phi) is 6.99. The number of hydrogen-bond acceptors (Lipinski definition) is 8. The van der Waals surface area contributed by atoms with Crippen LogP contribution < -0.4 is 13.8 Å². The van der Waals surface area contributed by atoms with Gasteiger partial charge in [0.1, 0.15) is 23.7 Å². The Labute approximate surface area is 167 Å². The number of rotatable bonds is 9. The van der Waals surface area contributed by atoms with Gasteiger partial charge < -0.3 is 14.2 Å². The molecule has 11 heteroatoms. The number of sulfonamides is 1. The van der Waals surface area contributed by atoms with Gasteiger partial charge in [-0.05, 0) is 37.3 Å². The number of ether oxygens (including phenoxy) is 3. The van der Waals surface area contributed by atoms with Gasteiger partial charge in [-0.3, -0.25) is 19.2 Å². The molecular formula is C18H20N2O8S. The van der Waals surface area contributed by atoms with E-state index in [0.717, 1.165) is 13.2 Å². The summed E-state index contributed by atoms with van der Waals surface area (Å²) in [7, 11) is -1.90. The molecule has 2 aromatic carbocycles. The molecule has 0 saturated carbocycles. The van der Waals surface area contributed by atoms with Crippen LogP contribution in [0.2, 0.25) is 0 Å². The molecule has 0 aliphatic heterocycles. The van der Waals surface area contributed by atoms with Gasteiger partial charge in [0.2, 0.25) is 0 Å². The maximum Gasteiger partial charge on any atom is 0.326 e. The van der Waals surface area contributed by atoms with E-state index in [-0.39, 0.29) is 22.0 Å². The van der Waals surface area contributed by atoms with Gasteiger partial charge in [-0.15, -0.1) is 0 Å². The fourth-order valence-corrected chi connectivity index (χ4v) is 3.88. The van der Waals surface area contributed by atoms with Crippen LogP contribution in [-0.4, -0.2) is 46.7 Å². The predicted octanol–water partition coefficient (Wildman–Crippen LogP) is 2.37. The van der Waals surface area contributed by atoms with Crippen molar-refractivity contribution in [2.24, 2.45) is 0 Å². The summed E-state index contributed by atoms with van der Waals surface area (Å²) < 4.78 is 42.3. The topological polar surface area (TPSA) is 125 Å². The van der Waals surface area contributed by atoms with E-state index in [0.29, 0.717) is 16.7 Å². The molecule has 0 N–H and O–H groups in total. The van der Waals surface area contributed by atoms with E-state index < -0.39 is 27.5 Å². The molecule has 0 aromatic heterocycles. The van der Waals surface area contributed by atoms with Gasteiger partial charge in [-0.1, -0.05) is 0 Å². The second kappa shape index (κ2) is 9.24. The molecule has 2 aromatic rings. The molecule has 156 valence electrons. The van der Waals surface area contributed by atoms with Gasteiger partial charge >= 0.3 is 5.97 Å². The molecule has 0 bridgehead atoms. The second-order valence-corrected chi connectivity index (χ2v) is 7.47. The minimum Gasteiger partial charge on any atom is -0.495 e. The summed E-state index contributed by atoms with van der Waals surface area (Å²) in [6, 6.07) is 9.01. The minimum absolute atomic E-state index is 0.0361. The molecule has 0 amide bonds. The largest absolute Gasteiger partial charge is 0.495 e. The minimum atomic E-state index is -4.29. The molecule has 2 rings (SSSR count). The number of carbonyl (C=O) groups excluding carboxylic acids is 1. The summed E-state index contributed by atoms with van der Waals surface area (Å²) in [5, 5.41) is 11.2. The molecule has 0 aliphatic carbocycles. The number of benzene rings is 2. The van der Waals surface area contributed by atoms with E-state index in [2.05, 4.69) is 4.74 Å². The first-order valence-corrected chi connectivity index (χ1v) is 9.83. The van der Waals surface area contributed by atoms with Gasteiger partial charge in [0.25, 0.3) is 15.7 Å². The number of hydrogen-bond donors (Lipinski definition) is 0. The van der Waals surface area contributed by atoms with Crippen LogP contribution in [0.25, 0.3) is 0 Å². The first kappa shape index (κ1) is 22.0. The average Bonchev–Trinajstić information content (AvgIpc) is 2.71. The molecule has 29 heavy (non-hydrogen) atoms. The molecule has 0 unspecified atom stereocenters. The molecular weight excluding hydrogens is 404 g/mol. The van der Waals surface area contributed by atoms with Crippen molar-refractivity contribution in [3.63, 3.8) is 0 Å². The van der Waals surface area contributed by atoms with Crippen molar-refractivity contribution in [2.75, 3.05) is 31.7 Å².